The summed E-state index contributed by atoms with van der Waals surface area (Å²) in [6, 6.07) is 7.97. The van der Waals surface area contributed by atoms with E-state index in [9.17, 15) is 0 Å². The van der Waals surface area contributed by atoms with Gasteiger partial charge in [-0.05, 0) is 42.4 Å². The van der Waals surface area contributed by atoms with Gasteiger partial charge in [0.15, 0.2) is 5.96 Å². The Morgan fingerprint density at radius 3 is 2.62 bits per heavy atom. The first-order chi connectivity index (χ1) is 13.9. The number of guanidine groups is 1. The topological polar surface area (TPSA) is 64.1 Å². The minimum atomic E-state index is 0.158. The molecule has 1 aromatic rings. The van der Waals surface area contributed by atoms with Gasteiger partial charge in [-0.1, -0.05) is 32.9 Å². The van der Waals surface area contributed by atoms with Crippen molar-refractivity contribution >= 4 is 5.96 Å². The van der Waals surface area contributed by atoms with Crippen molar-refractivity contribution in [1.29, 1.82) is 0 Å². The number of methoxy groups -OCH3 is 1. The maximum atomic E-state index is 6.07. The lowest BCUT2D eigenvalue weighted by Crippen LogP contribution is -2.47. The van der Waals surface area contributed by atoms with Gasteiger partial charge in [-0.3, -0.25) is 4.99 Å². The zero-order chi connectivity index (χ0) is 21.1. The van der Waals surface area contributed by atoms with Gasteiger partial charge in [0.25, 0.3) is 0 Å². The van der Waals surface area contributed by atoms with Crippen LogP contribution in [0.5, 0.6) is 5.75 Å². The summed E-state index contributed by atoms with van der Waals surface area (Å²) in [6.45, 7) is 10.7. The van der Waals surface area contributed by atoms with Gasteiger partial charge in [-0.25, -0.2) is 0 Å². The highest BCUT2D eigenvalue weighted by Crippen LogP contribution is 2.33. The minimum Gasteiger partial charge on any atom is -0.497 e. The first-order valence-electron chi connectivity index (χ1n) is 10.7. The molecule has 1 heterocycles. The van der Waals surface area contributed by atoms with E-state index in [1.165, 1.54) is 6.42 Å². The molecule has 1 aromatic carbocycles. The Kier molecular flexibility index (Phi) is 9.74. The van der Waals surface area contributed by atoms with Crippen molar-refractivity contribution in [3.05, 3.63) is 29.8 Å². The van der Waals surface area contributed by atoms with Gasteiger partial charge in [0.05, 0.1) is 19.8 Å². The van der Waals surface area contributed by atoms with Crippen molar-refractivity contribution in [3.8, 4) is 5.75 Å². The van der Waals surface area contributed by atoms with Crippen LogP contribution >= 0.6 is 0 Å². The van der Waals surface area contributed by atoms with Crippen LogP contribution < -0.4 is 15.4 Å². The molecule has 1 saturated heterocycles. The molecule has 1 aliphatic rings. The summed E-state index contributed by atoms with van der Waals surface area (Å²) in [6.07, 6.45) is 3.54. The molecule has 6 heteroatoms. The summed E-state index contributed by atoms with van der Waals surface area (Å²) >= 11 is 0. The fourth-order valence-corrected chi connectivity index (χ4v) is 3.75. The maximum Gasteiger partial charge on any atom is 0.190 e. The molecule has 2 rings (SSSR count). The molecule has 0 aromatic heterocycles. The van der Waals surface area contributed by atoms with E-state index in [0.29, 0.717) is 19.1 Å². The first kappa shape index (κ1) is 23.5. The van der Waals surface area contributed by atoms with Gasteiger partial charge in [-0.15, -0.1) is 0 Å². The molecule has 0 radical (unpaired) electrons. The number of benzene rings is 1. The molecule has 1 fully saturated rings. The predicted octanol–water partition coefficient (Wildman–Crippen LogP) is 3.61. The van der Waals surface area contributed by atoms with Crippen LogP contribution in [0.25, 0.3) is 0 Å². The molecule has 0 saturated carbocycles. The average Bonchev–Trinajstić information content (AvgIpc) is 2.72. The highest BCUT2D eigenvalue weighted by Gasteiger charge is 2.35. The number of aliphatic imine (C=N–C) groups is 1. The van der Waals surface area contributed by atoms with Crippen LogP contribution in [-0.2, 0) is 16.1 Å². The van der Waals surface area contributed by atoms with Crippen molar-refractivity contribution in [2.24, 2.45) is 16.3 Å². The van der Waals surface area contributed by atoms with Gasteiger partial charge in [0.1, 0.15) is 5.75 Å². The van der Waals surface area contributed by atoms with E-state index in [4.69, 9.17) is 14.2 Å². The molecule has 6 nitrogen and oxygen atoms in total. The Hall–Kier alpha value is -1.79. The molecule has 0 bridgehead atoms. The van der Waals surface area contributed by atoms with Crippen LogP contribution in [0.15, 0.2) is 29.3 Å². The third kappa shape index (κ3) is 8.23. The van der Waals surface area contributed by atoms with Crippen molar-refractivity contribution < 1.29 is 14.2 Å². The van der Waals surface area contributed by atoms with E-state index in [-0.39, 0.29) is 11.5 Å². The fraction of sp³-hybridized carbons (Fsp3) is 0.696. The summed E-state index contributed by atoms with van der Waals surface area (Å²) < 4.78 is 17.0. The summed E-state index contributed by atoms with van der Waals surface area (Å²) in [4.78, 5) is 4.34. The molecule has 0 amide bonds. The summed E-state index contributed by atoms with van der Waals surface area (Å²) in [5, 5.41) is 6.85. The van der Waals surface area contributed by atoms with Crippen molar-refractivity contribution in [3.63, 3.8) is 0 Å². The monoisotopic (exact) mass is 405 g/mol. The lowest BCUT2D eigenvalue weighted by atomic mass is 9.78. The second-order valence-electron chi connectivity index (χ2n) is 8.69. The second kappa shape index (κ2) is 12.0. The molecule has 2 N–H and O–H groups in total. The van der Waals surface area contributed by atoms with Gasteiger partial charge in [-0.2, -0.15) is 0 Å². The maximum absolute atomic E-state index is 6.07. The zero-order valence-electron chi connectivity index (χ0n) is 18.8. The molecule has 29 heavy (non-hydrogen) atoms. The Morgan fingerprint density at radius 1 is 1.21 bits per heavy atom. The Balaban J connectivity index is 1.62. The van der Waals surface area contributed by atoms with Gasteiger partial charge < -0.3 is 24.8 Å². The molecular formula is C23H39N3O3. The highest BCUT2D eigenvalue weighted by molar-refractivity contribution is 5.79. The lowest BCUT2D eigenvalue weighted by Gasteiger charge is -2.40. The molecule has 0 aliphatic carbocycles. The quantitative estimate of drug-likeness (QED) is 0.373. The zero-order valence-corrected chi connectivity index (χ0v) is 18.8. The highest BCUT2D eigenvalue weighted by atomic mass is 16.5. The molecule has 2 unspecified atom stereocenters. The van der Waals surface area contributed by atoms with Crippen molar-refractivity contribution in [1.82, 2.24) is 10.6 Å². The second-order valence-corrected chi connectivity index (χ2v) is 8.69. The average molecular weight is 406 g/mol. The largest absolute Gasteiger partial charge is 0.497 e. The van der Waals surface area contributed by atoms with Crippen LogP contribution in [0, 0.1) is 11.3 Å². The number of hydrogen-bond acceptors (Lipinski definition) is 4. The minimum absolute atomic E-state index is 0.158. The number of nitrogens with one attached hydrogen (secondary N) is 2. The third-order valence-corrected chi connectivity index (χ3v) is 5.24. The summed E-state index contributed by atoms with van der Waals surface area (Å²) in [5.41, 5.74) is 1.31. The van der Waals surface area contributed by atoms with Crippen LogP contribution in [0.2, 0.25) is 0 Å². The van der Waals surface area contributed by atoms with E-state index >= 15 is 0 Å². The lowest BCUT2D eigenvalue weighted by molar-refractivity contribution is -0.0835. The van der Waals surface area contributed by atoms with Crippen molar-refractivity contribution in [2.75, 3.05) is 40.5 Å². The SMILES string of the molecule is CN=C(NCCCOCc1ccc(OC)cc1)NCC1CCCOC1C(C)(C)C. The Bertz CT molecular complexity index is 611. The number of nitrogens with zero attached hydrogens (tertiary/aromatic N) is 1. The van der Waals surface area contributed by atoms with Crippen molar-refractivity contribution in [2.45, 2.75) is 52.7 Å². The fourth-order valence-electron chi connectivity index (χ4n) is 3.75. The number of ether oxygens (including phenoxy) is 3. The van der Waals surface area contributed by atoms with Crippen LogP contribution in [0.3, 0.4) is 0 Å². The normalized spacial score (nSPS) is 20.4. The van der Waals surface area contributed by atoms with E-state index in [1.54, 1.807) is 7.11 Å². The molecule has 164 valence electrons. The summed E-state index contributed by atoms with van der Waals surface area (Å²) in [5.74, 6) is 2.22. The number of hydrogen-bond donors (Lipinski definition) is 2. The van der Waals surface area contributed by atoms with Gasteiger partial charge in [0, 0.05) is 39.3 Å². The smallest absolute Gasteiger partial charge is 0.190 e. The van der Waals surface area contributed by atoms with E-state index in [1.807, 2.05) is 31.3 Å². The van der Waals surface area contributed by atoms with E-state index < -0.39 is 0 Å². The summed E-state index contributed by atoms with van der Waals surface area (Å²) in [7, 11) is 3.49. The molecule has 0 spiro atoms. The molecule has 1 aliphatic heterocycles. The van der Waals surface area contributed by atoms with Gasteiger partial charge >= 0.3 is 0 Å². The van der Waals surface area contributed by atoms with Gasteiger partial charge in [0.2, 0.25) is 0 Å². The predicted molar refractivity (Wildman–Crippen MR) is 119 cm³/mol. The van der Waals surface area contributed by atoms with Crippen LogP contribution in [-0.4, -0.2) is 52.5 Å². The van der Waals surface area contributed by atoms with E-state index in [2.05, 4.69) is 36.4 Å². The molecule has 2 atom stereocenters. The van der Waals surface area contributed by atoms with Crippen LogP contribution in [0.1, 0.15) is 45.6 Å². The number of rotatable bonds is 9. The van der Waals surface area contributed by atoms with Crippen LogP contribution in [0.4, 0.5) is 0 Å². The van der Waals surface area contributed by atoms with E-state index in [0.717, 1.165) is 49.8 Å². The molecular weight excluding hydrogens is 366 g/mol. The first-order valence-corrected chi connectivity index (χ1v) is 10.7. The standard InChI is InChI=1S/C23H39N3O3/c1-23(2,3)21-19(8-6-15-29-21)16-26-22(24-4)25-13-7-14-28-17-18-9-11-20(27-5)12-10-18/h9-12,19,21H,6-8,13-17H2,1-5H3,(H2,24,25,26). The third-order valence-electron chi connectivity index (χ3n) is 5.24. The Morgan fingerprint density at radius 2 is 1.97 bits per heavy atom. The Labute approximate surface area is 176 Å².